The zero-order valence-corrected chi connectivity index (χ0v) is 14.5. The van der Waals surface area contributed by atoms with Crippen LogP contribution in [0.5, 0.6) is 0 Å². The van der Waals surface area contributed by atoms with Gasteiger partial charge in [0, 0.05) is 6.04 Å². The Morgan fingerprint density at radius 2 is 1.71 bits per heavy atom. The van der Waals surface area contributed by atoms with Crippen LogP contribution in [0.25, 0.3) is 0 Å². The fourth-order valence-electron chi connectivity index (χ4n) is 2.50. The SMILES string of the molecule is CC[C@H](C)c1ccc([C@H](NC(=S)NC2CC2)C(C)C)cc1. The topological polar surface area (TPSA) is 24.1 Å². The molecule has 0 saturated heterocycles. The molecular formula is C18H28N2S. The van der Waals surface area contributed by atoms with Crippen molar-refractivity contribution < 1.29 is 0 Å². The molecule has 2 rings (SSSR count). The monoisotopic (exact) mass is 304 g/mol. The average molecular weight is 305 g/mol. The zero-order chi connectivity index (χ0) is 15.4. The summed E-state index contributed by atoms with van der Waals surface area (Å²) >= 11 is 5.43. The molecule has 1 aromatic carbocycles. The van der Waals surface area contributed by atoms with Gasteiger partial charge in [0.15, 0.2) is 5.11 Å². The van der Waals surface area contributed by atoms with Crippen LogP contribution >= 0.6 is 12.2 Å². The fraction of sp³-hybridized carbons (Fsp3) is 0.611. The van der Waals surface area contributed by atoms with Gasteiger partial charge in [0.05, 0.1) is 6.04 Å². The van der Waals surface area contributed by atoms with Crippen molar-refractivity contribution in [2.75, 3.05) is 0 Å². The Morgan fingerprint density at radius 1 is 1.14 bits per heavy atom. The smallest absolute Gasteiger partial charge is 0.167 e. The van der Waals surface area contributed by atoms with E-state index >= 15 is 0 Å². The maximum absolute atomic E-state index is 5.43. The molecule has 2 N–H and O–H groups in total. The van der Waals surface area contributed by atoms with Crippen LogP contribution < -0.4 is 10.6 Å². The highest BCUT2D eigenvalue weighted by Gasteiger charge is 2.24. The average Bonchev–Trinajstić information content (AvgIpc) is 3.27. The van der Waals surface area contributed by atoms with Crippen molar-refractivity contribution in [1.29, 1.82) is 0 Å². The lowest BCUT2D eigenvalue weighted by Crippen LogP contribution is -2.40. The molecule has 3 heteroatoms. The molecular weight excluding hydrogens is 276 g/mol. The van der Waals surface area contributed by atoms with E-state index in [4.69, 9.17) is 12.2 Å². The molecule has 1 aliphatic rings. The van der Waals surface area contributed by atoms with Gasteiger partial charge in [-0.15, -0.1) is 0 Å². The van der Waals surface area contributed by atoms with Gasteiger partial charge < -0.3 is 10.6 Å². The molecule has 0 unspecified atom stereocenters. The molecule has 1 saturated carbocycles. The van der Waals surface area contributed by atoms with Crippen LogP contribution in [0.3, 0.4) is 0 Å². The van der Waals surface area contributed by atoms with Gasteiger partial charge in [0.2, 0.25) is 0 Å². The van der Waals surface area contributed by atoms with Gasteiger partial charge in [-0.05, 0) is 54.4 Å². The van der Waals surface area contributed by atoms with Crippen molar-refractivity contribution in [2.24, 2.45) is 5.92 Å². The summed E-state index contributed by atoms with van der Waals surface area (Å²) in [7, 11) is 0. The van der Waals surface area contributed by atoms with E-state index in [1.54, 1.807) is 0 Å². The predicted octanol–water partition coefficient (Wildman–Crippen LogP) is 4.52. The first-order chi connectivity index (χ1) is 10.0. The van der Waals surface area contributed by atoms with Gasteiger partial charge in [-0.25, -0.2) is 0 Å². The Labute approximate surface area is 134 Å². The minimum Gasteiger partial charge on any atom is -0.360 e. The van der Waals surface area contributed by atoms with E-state index < -0.39 is 0 Å². The summed E-state index contributed by atoms with van der Waals surface area (Å²) in [5.41, 5.74) is 2.74. The summed E-state index contributed by atoms with van der Waals surface area (Å²) < 4.78 is 0. The molecule has 0 amide bonds. The highest BCUT2D eigenvalue weighted by molar-refractivity contribution is 7.80. The summed E-state index contributed by atoms with van der Waals surface area (Å²) in [6.07, 6.45) is 3.68. The van der Waals surface area contributed by atoms with Gasteiger partial charge in [0.1, 0.15) is 0 Å². The van der Waals surface area contributed by atoms with E-state index in [1.165, 1.54) is 30.4 Å². The molecule has 116 valence electrons. The Morgan fingerprint density at radius 3 is 2.19 bits per heavy atom. The highest BCUT2D eigenvalue weighted by atomic mass is 32.1. The van der Waals surface area contributed by atoms with Gasteiger partial charge in [-0.1, -0.05) is 52.0 Å². The van der Waals surface area contributed by atoms with Crippen LogP contribution in [0.4, 0.5) is 0 Å². The van der Waals surface area contributed by atoms with Crippen LogP contribution in [0.2, 0.25) is 0 Å². The predicted molar refractivity (Wildman–Crippen MR) is 94.6 cm³/mol. The van der Waals surface area contributed by atoms with Crippen molar-refractivity contribution in [1.82, 2.24) is 10.6 Å². The lowest BCUT2D eigenvalue weighted by molar-refractivity contribution is 0.468. The molecule has 2 nitrogen and oxygen atoms in total. The molecule has 0 bridgehead atoms. The molecule has 1 fully saturated rings. The number of nitrogens with one attached hydrogen (secondary N) is 2. The quantitative estimate of drug-likeness (QED) is 0.755. The molecule has 0 radical (unpaired) electrons. The summed E-state index contributed by atoms with van der Waals surface area (Å²) in [5, 5.41) is 7.65. The molecule has 0 aromatic heterocycles. The van der Waals surface area contributed by atoms with Gasteiger partial charge in [-0.2, -0.15) is 0 Å². The van der Waals surface area contributed by atoms with Gasteiger partial charge in [-0.3, -0.25) is 0 Å². The van der Waals surface area contributed by atoms with Gasteiger partial charge >= 0.3 is 0 Å². The van der Waals surface area contributed by atoms with Crippen molar-refractivity contribution in [3.8, 4) is 0 Å². The van der Waals surface area contributed by atoms with E-state index in [0.717, 1.165) is 5.11 Å². The standard InChI is InChI=1S/C18H28N2S/c1-5-13(4)14-6-8-15(9-7-14)17(12(2)3)20-18(21)19-16-10-11-16/h6-9,12-13,16-17H,5,10-11H2,1-4H3,(H2,19,20,21)/t13-,17+/m0/s1. The second-order valence-corrected chi connectivity index (χ2v) is 7.00. The first-order valence-corrected chi connectivity index (χ1v) is 8.59. The maximum Gasteiger partial charge on any atom is 0.167 e. The Kier molecular flexibility index (Phi) is 5.63. The van der Waals surface area contributed by atoms with Crippen LogP contribution in [-0.2, 0) is 0 Å². The Balaban J connectivity index is 2.04. The highest BCUT2D eigenvalue weighted by Crippen LogP contribution is 2.25. The number of hydrogen-bond donors (Lipinski definition) is 2. The first-order valence-electron chi connectivity index (χ1n) is 8.18. The van der Waals surface area contributed by atoms with Crippen molar-refractivity contribution in [2.45, 2.75) is 65.0 Å². The van der Waals surface area contributed by atoms with Crippen molar-refractivity contribution in [3.63, 3.8) is 0 Å². The van der Waals surface area contributed by atoms with Crippen LogP contribution in [0, 0.1) is 5.92 Å². The Hall–Kier alpha value is -1.09. The van der Waals surface area contributed by atoms with Crippen LogP contribution in [0.15, 0.2) is 24.3 Å². The number of thiocarbonyl (C=S) groups is 1. The van der Waals surface area contributed by atoms with E-state index in [2.05, 4.69) is 62.6 Å². The summed E-state index contributed by atoms with van der Waals surface area (Å²) in [5.74, 6) is 1.13. The van der Waals surface area contributed by atoms with E-state index in [0.29, 0.717) is 17.9 Å². The van der Waals surface area contributed by atoms with Crippen LogP contribution in [-0.4, -0.2) is 11.2 Å². The minimum absolute atomic E-state index is 0.273. The first kappa shape index (κ1) is 16.3. The normalized spacial score (nSPS) is 17.4. The third-order valence-corrected chi connectivity index (χ3v) is 4.58. The lowest BCUT2D eigenvalue weighted by Gasteiger charge is -2.25. The van der Waals surface area contributed by atoms with E-state index in [-0.39, 0.29) is 6.04 Å². The molecule has 21 heavy (non-hydrogen) atoms. The summed E-state index contributed by atoms with van der Waals surface area (Å²) in [6.45, 7) is 8.99. The third-order valence-electron chi connectivity index (χ3n) is 4.34. The van der Waals surface area contributed by atoms with Crippen molar-refractivity contribution >= 4 is 17.3 Å². The molecule has 1 aromatic rings. The molecule has 0 heterocycles. The van der Waals surface area contributed by atoms with Crippen molar-refractivity contribution in [3.05, 3.63) is 35.4 Å². The minimum atomic E-state index is 0.273. The maximum atomic E-state index is 5.43. The largest absolute Gasteiger partial charge is 0.360 e. The molecule has 0 aliphatic heterocycles. The Bertz CT molecular complexity index is 463. The fourth-order valence-corrected chi connectivity index (χ4v) is 2.79. The second-order valence-electron chi connectivity index (χ2n) is 6.59. The van der Waals surface area contributed by atoms with E-state index in [9.17, 15) is 0 Å². The van der Waals surface area contributed by atoms with Crippen LogP contribution in [0.1, 0.15) is 70.0 Å². The molecule has 2 atom stereocenters. The number of benzene rings is 1. The number of rotatable bonds is 6. The molecule has 1 aliphatic carbocycles. The summed E-state index contributed by atoms with van der Waals surface area (Å²) in [6, 6.07) is 9.90. The lowest BCUT2D eigenvalue weighted by atomic mass is 9.92. The summed E-state index contributed by atoms with van der Waals surface area (Å²) in [4.78, 5) is 0. The third kappa shape index (κ3) is 4.70. The number of hydrogen-bond acceptors (Lipinski definition) is 1. The van der Waals surface area contributed by atoms with E-state index in [1.807, 2.05) is 0 Å². The molecule has 0 spiro atoms. The second kappa shape index (κ2) is 7.26. The zero-order valence-electron chi connectivity index (χ0n) is 13.6. The van der Waals surface area contributed by atoms with Gasteiger partial charge in [0.25, 0.3) is 0 Å².